The van der Waals surface area contributed by atoms with Crippen LogP contribution in [0.5, 0.6) is 0 Å². The van der Waals surface area contributed by atoms with Crippen LogP contribution in [0.15, 0.2) is 24.0 Å². The van der Waals surface area contributed by atoms with Gasteiger partial charge < -0.3 is 4.57 Å². The average molecular weight is 324 g/mol. The summed E-state index contributed by atoms with van der Waals surface area (Å²) in [6, 6.07) is 1.69. The van der Waals surface area contributed by atoms with E-state index in [4.69, 9.17) is 0 Å². The molecule has 0 saturated heterocycles. The molecule has 0 aliphatic heterocycles. The molecule has 0 atom stereocenters. The highest BCUT2D eigenvalue weighted by Gasteiger charge is 2.35. The highest BCUT2D eigenvalue weighted by Crippen LogP contribution is 2.26. The minimum absolute atomic E-state index is 0.196. The van der Waals surface area contributed by atoms with Crippen LogP contribution in [0.4, 0.5) is 0 Å². The largest absolute Gasteiger partial charge is 0.321 e. The molecule has 0 radical (unpaired) electrons. The van der Waals surface area contributed by atoms with Crippen LogP contribution in [0.2, 0.25) is 0 Å². The molecule has 6 nitrogen and oxygen atoms in total. The lowest BCUT2D eigenvalue weighted by molar-refractivity contribution is 0.0967. The molecule has 1 aliphatic rings. The third kappa shape index (κ3) is 2.12. The van der Waals surface area contributed by atoms with Gasteiger partial charge in [-0.1, -0.05) is 0 Å². The molecule has 4 rings (SSSR count). The van der Waals surface area contributed by atoms with E-state index in [1.54, 1.807) is 28.2 Å². The quantitative estimate of drug-likeness (QED) is 0.565. The lowest BCUT2D eigenvalue weighted by Crippen LogP contribution is -2.25. The number of rotatable bonds is 2. The Morgan fingerprint density at radius 3 is 2.70 bits per heavy atom. The molecule has 0 unspecified atom stereocenters. The van der Waals surface area contributed by atoms with Crippen LogP contribution in [0, 0.1) is 13.8 Å². The zero-order valence-corrected chi connectivity index (χ0v) is 13.3. The van der Waals surface area contributed by atoms with Crippen LogP contribution in [0.1, 0.15) is 48.5 Å². The van der Waals surface area contributed by atoms with Crippen molar-refractivity contribution in [3.63, 3.8) is 0 Å². The van der Waals surface area contributed by atoms with Crippen molar-refractivity contribution in [3.8, 4) is 0 Å². The molecule has 3 aromatic heterocycles. The lowest BCUT2D eigenvalue weighted by atomic mass is 9.93. The number of pyridine rings is 1. The fraction of sp³-hybridized carbons (Fsp3) is 0.188. The SMILES string of the molecule is Cc1cnc2c(c1)C(=O)c1ncn(Cc3csc(C)n3)c1C2=O. The van der Waals surface area contributed by atoms with Crippen LogP contribution < -0.4 is 0 Å². The second-order valence-corrected chi connectivity index (χ2v) is 6.56. The number of carbonyl (C=O) groups excluding carboxylic acids is 2. The molecule has 0 N–H and O–H groups in total. The molecule has 0 saturated carbocycles. The molecule has 0 aromatic carbocycles. The Bertz CT molecular complexity index is 970. The maximum absolute atomic E-state index is 12.7. The van der Waals surface area contributed by atoms with E-state index in [0.717, 1.165) is 16.3 Å². The Labute approximate surface area is 135 Å². The molecule has 0 fully saturated rings. The van der Waals surface area contributed by atoms with Gasteiger partial charge in [0.25, 0.3) is 0 Å². The standard InChI is InChI=1S/C16H12N4O2S/c1-8-3-11-12(17-4-8)16(22)14-13(15(11)21)18-7-20(14)5-10-6-23-9(2)19-10/h3-4,6-7H,5H2,1-2H3. The van der Waals surface area contributed by atoms with Gasteiger partial charge in [-0.25, -0.2) is 9.97 Å². The summed E-state index contributed by atoms with van der Waals surface area (Å²) < 4.78 is 1.68. The third-order valence-electron chi connectivity index (χ3n) is 3.75. The number of ketones is 2. The second-order valence-electron chi connectivity index (χ2n) is 5.49. The highest BCUT2D eigenvalue weighted by atomic mass is 32.1. The van der Waals surface area contributed by atoms with E-state index in [2.05, 4.69) is 15.0 Å². The molecule has 0 amide bonds. The van der Waals surface area contributed by atoms with Gasteiger partial charge in [0.15, 0.2) is 0 Å². The van der Waals surface area contributed by atoms with Crippen LogP contribution in [0.25, 0.3) is 0 Å². The van der Waals surface area contributed by atoms with E-state index in [0.29, 0.717) is 17.8 Å². The normalized spacial score (nSPS) is 13.1. The number of hydrogen-bond acceptors (Lipinski definition) is 6. The molecule has 0 bridgehead atoms. The van der Waals surface area contributed by atoms with Crippen molar-refractivity contribution in [2.24, 2.45) is 0 Å². The third-order valence-corrected chi connectivity index (χ3v) is 4.57. The number of hydrogen-bond donors (Lipinski definition) is 0. The first-order chi connectivity index (χ1) is 11.0. The van der Waals surface area contributed by atoms with Gasteiger partial charge in [0.1, 0.15) is 17.1 Å². The predicted molar refractivity (Wildman–Crippen MR) is 84.0 cm³/mol. The van der Waals surface area contributed by atoms with Crippen molar-refractivity contribution >= 4 is 22.9 Å². The molecule has 1 aliphatic carbocycles. The van der Waals surface area contributed by atoms with Crippen molar-refractivity contribution < 1.29 is 9.59 Å². The molecule has 114 valence electrons. The monoisotopic (exact) mass is 324 g/mol. The Morgan fingerprint density at radius 1 is 1.13 bits per heavy atom. The molecule has 3 aromatic rings. The van der Waals surface area contributed by atoms with Crippen molar-refractivity contribution in [1.29, 1.82) is 0 Å². The number of thiazole rings is 1. The van der Waals surface area contributed by atoms with E-state index < -0.39 is 0 Å². The van der Waals surface area contributed by atoms with Crippen LogP contribution in [-0.2, 0) is 6.54 Å². The summed E-state index contributed by atoms with van der Waals surface area (Å²) in [6.07, 6.45) is 3.12. The van der Waals surface area contributed by atoms with Crippen molar-refractivity contribution in [3.05, 3.63) is 62.9 Å². The first-order valence-corrected chi connectivity index (χ1v) is 7.94. The van der Waals surface area contributed by atoms with Gasteiger partial charge in [-0.3, -0.25) is 14.6 Å². The summed E-state index contributed by atoms with van der Waals surface area (Å²) in [6.45, 7) is 4.17. The first kappa shape index (κ1) is 14.0. The van der Waals surface area contributed by atoms with E-state index >= 15 is 0 Å². The summed E-state index contributed by atoms with van der Waals surface area (Å²) in [4.78, 5) is 38.1. The molecule has 7 heteroatoms. The Hall–Kier alpha value is -2.67. The van der Waals surface area contributed by atoms with Gasteiger partial charge in [-0.2, -0.15) is 0 Å². The molecule has 23 heavy (non-hydrogen) atoms. The number of aryl methyl sites for hydroxylation is 2. The maximum Gasteiger partial charge on any atom is 0.230 e. The highest BCUT2D eigenvalue weighted by molar-refractivity contribution is 7.09. The second kappa shape index (κ2) is 4.92. The smallest absolute Gasteiger partial charge is 0.230 e. The van der Waals surface area contributed by atoms with E-state index in [-0.39, 0.29) is 23.0 Å². The minimum Gasteiger partial charge on any atom is -0.321 e. The number of nitrogens with zero attached hydrogens (tertiary/aromatic N) is 4. The predicted octanol–water partition coefficient (Wildman–Crippen LogP) is 2.18. The van der Waals surface area contributed by atoms with Gasteiger partial charge in [0.05, 0.1) is 29.1 Å². The Balaban J connectivity index is 1.82. The lowest BCUT2D eigenvalue weighted by Gasteiger charge is -2.15. The molecular formula is C16H12N4O2S. The van der Waals surface area contributed by atoms with Gasteiger partial charge >= 0.3 is 0 Å². The summed E-state index contributed by atoms with van der Waals surface area (Å²) in [7, 11) is 0. The van der Waals surface area contributed by atoms with Crippen molar-refractivity contribution in [1.82, 2.24) is 19.5 Å². The van der Waals surface area contributed by atoms with Crippen LogP contribution in [-0.4, -0.2) is 31.1 Å². The summed E-state index contributed by atoms with van der Waals surface area (Å²) in [5.74, 6) is -0.516. The van der Waals surface area contributed by atoms with Gasteiger partial charge in [0.2, 0.25) is 11.6 Å². The van der Waals surface area contributed by atoms with Crippen LogP contribution in [0.3, 0.4) is 0 Å². The molecule has 3 heterocycles. The average Bonchev–Trinajstić information content (AvgIpc) is 3.12. The Morgan fingerprint density at radius 2 is 1.96 bits per heavy atom. The summed E-state index contributed by atoms with van der Waals surface area (Å²) in [5, 5.41) is 2.89. The summed E-state index contributed by atoms with van der Waals surface area (Å²) in [5.41, 5.74) is 2.70. The number of imidazole rings is 1. The van der Waals surface area contributed by atoms with E-state index in [1.165, 1.54) is 6.33 Å². The van der Waals surface area contributed by atoms with Crippen LogP contribution >= 0.6 is 11.3 Å². The molecular weight excluding hydrogens is 312 g/mol. The minimum atomic E-state index is -0.265. The van der Waals surface area contributed by atoms with Crippen molar-refractivity contribution in [2.45, 2.75) is 20.4 Å². The number of carbonyl (C=O) groups is 2. The zero-order chi connectivity index (χ0) is 16.1. The molecule has 0 spiro atoms. The fourth-order valence-electron chi connectivity index (χ4n) is 2.72. The van der Waals surface area contributed by atoms with Gasteiger partial charge in [-0.15, -0.1) is 11.3 Å². The topological polar surface area (TPSA) is 77.7 Å². The first-order valence-electron chi connectivity index (χ1n) is 7.07. The van der Waals surface area contributed by atoms with E-state index in [1.807, 2.05) is 19.2 Å². The van der Waals surface area contributed by atoms with E-state index in [9.17, 15) is 9.59 Å². The number of fused-ring (bicyclic) bond motifs is 2. The summed E-state index contributed by atoms with van der Waals surface area (Å²) >= 11 is 1.55. The number of aromatic nitrogens is 4. The van der Waals surface area contributed by atoms with Crippen molar-refractivity contribution in [2.75, 3.05) is 0 Å². The van der Waals surface area contributed by atoms with Gasteiger partial charge in [-0.05, 0) is 25.5 Å². The maximum atomic E-state index is 12.7. The van der Waals surface area contributed by atoms with Gasteiger partial charge in [0, 0.05) is 11.6 Å². The zero-order valence-electron chi connectivity index (χ0n) is 12.5. The fourth-order valence-corrected chi connectivity index (χ4v) is 3.33. The Kier molecular flexibility index (Phi) is 2.99.